The molecule has 4 heteroatoms. The van der Waals surface area contributed by atoms with E-state index in [2.05, 4.69) is 0 Å². The van der Waals surface area contributed by atoms with Gasteiger partial charge in [-0.2, -0.15) is 0 Å². The van der Waals surface area contributed by atoms with Crippen molar-refractivity contribution in [2.75, 3.05) is 7.11 Å². The van der Waals surface area contributed by atoms with Crippen molar-refractivity contribution in [3.63, 3.8) is 0 Å². The summed E-state index contributed by atoms with van der Waals surface area (Å²) in [5.41, 5.74) is 2.30. The van der Waals surface area contributed by atoms with Crippen LogP contribution >= 0.6 is 0 Å². The maximum Gasteiger partial charge on any atom is 0.170 e. The van der Waals surface area contributed by atoms with Crippen molar-refractivity contribution >= 4 is 5.78 Å². The topological polar surface area (TPSA) is 35.5 Å². The molecule has 0 saturated carbocycles. The van der Waals surface area contributed by atoms with Gasteiger partial charge in [-0.05, 0) is 42.3 Å². The number of hydrogen-bond donors (Lipinski definition) is 0. The van der Waals surface area contributed by atoms with Crippen LogP contribution in [0.1, 0.15) is 34.0 Å². The van der Waals surface area contributed by atoms with Gasteiger partial charge in [0.05, 0.1) is 19.1 Å². The van der Waals surface area contributed by atoms with Crippen molar-refractivity contribution in [2.45, 2.75) is 19.4 Å². The van der Waals surface area contributed by atoms with Gasteiger partial charge in [0.15, 0.2) is 5.78 Å². The Kier molecular flexibility index (Phi) is 3.37. The maximum atomic E-state index is 13.3. The minimum absolute atomic E-state index is 0.0327. The molecule has 3 nitrogen and oxygen atoms in total. The summed E-state index contributed by atoms with van der Waals surface area (Å²) >= 11 is 0. The van der Waals surface area contributed by atoms with Crippen LogP contribution in [0.5, 0.6) is 11.5 Å². The quantitative estimate of drug-likeness (QED) is 0.841. The molecule has 0 N–H and O–H groups in total. The summed E-state index contributed by atoms with van der Waals surface area (Å²) in [6, 6.07) is 9.66. The van der Waals surface area contributed by atoms with E-state index in [1.165, 1.54) is 18.2 Å². The minimum atomic E-state index is -0.409. The number of Topliss-reactive ketones (excluding diaryl/α,β-unsaturated/α-hetero) is 1. The molecule has 0 bridgehead atoms. The Morgan fingerprint density at radius 1 is 1.24 bits per heavy atom. The molecule has 0 aliphatic carbocycles. The number of benzene rings is 2. The molecular weight excluding hydrogens is 271 g/mol. The van der Waals surface area contributed by atoms with E-state index in [0.29, 0.717) is 11.3 Å². The number of ether oxygens (including phenoxy) is 2. The molecule has 2 aromatic carbocycles. The van der Waals surface area contributed by atoms with Gasteiger partial charge >= 0.3 is 0 Å². The Morgan fingerprint density at radius 3 is 2.76 bits per heavy atom. The van der Waals surface area contributed by atoms with Crippen molar-refractivity contribution in [1.82, 2.24) is 0 Å². The third kappa shape index (κ3) is 2.49. The number of rotatable bonds is 2. The highest BCUT2D eigenvalue weighted by Gasteiger charge is 2.28. The smallest absolute Gasteiger partial charge is 0.170 e. The minimum Gasteiger partial charge on any atom is -0.496 e. The van der Waals surface area contributed by atoms with E-state index in [1.807, 2.05) is 25.1 Å². The molecule has 3 rings (SSSR count). The first kappa shape index (κ1) is 13.6. The predicted octanol–water partition coefficient (Wildman–Crippen LogP) is 3.85. The summed E-state index contributed by atoms with van der Waals surface area (Å²) in [5.74, 6) is 0.653. The highest BCUT2D eigenvalue weighted by molar-refractivity contribution is 6.00. The molecule has 0 radical (unpaired) electrons. The number of aryl methyl sites for hydroxylation is 1. The van der Waals surface area contributed by atoms with Gasteiger partial charge in [0.2, 0.25) is 0 Å². The average Bonchev–Trinajstić information content (AvgIpc) is 2.46. The second kappa shape index (κ2) is 5.20. The summed E-state index contributed by atoms with van der Waals surface area (Å²) < 4.78 is 24.3. The molecule has 0 amide bonds. The first-order chi connectivity index (χ1) is 10.1. The van der Waals surface area contributed by atoms with Gasteiger partial charge in [-0.15, -0.1) is 0 Å². The van der Waals surface area contributed by atoms with Crippen LogP contribution in [0, 0.1) is 12.7 Å². The van der Waals surface area contributed by atoms with E-state index >= 15 is 0 Å². The van der Waals surface area contributed by atoms with Crippen LogP contribution < -0.4 is 9.47 Å². The van der Waals surface area contributed by atoms with Gasteiger partial charge in [0.25, 0.3) is 0 Å². The number of halogens is 1. The lowest BCUT2D eigenvalue weighted by Gasteiger charge is -2.26. The standard InChI is InChI=1S/C17H15FO3/c1-10-7-11(3-6-15(10)20-2)16-9-14(19)13-5-4-12(18)8-17(13)21-16/h3-8,16H,9H2,1-2H3. The molecule has 1 heterocycles. The lowest BCUT2D eigenvalue weighted by atomic mass is 9.95. The summed E-state index contributed by atoms with van der Waals surface area (Å²) in [4.78, 5) is 12.2. The number of hydrogen-bond acceptors (Lipinski definition) is 3. The fraction of sp³-hybridized carbons (Fsp3) is 0.235. The molecule has 2 aromatic rings. The van der Waals surface area contributed by atoms with E-state index in [9.17, 15) is 9.18 Å². The van der Waals surface area contributed by atoms with E-state index in [4.69, 9.17) is 9.47 Å². The molecule has 1 atom stereocenters. The normalized spacial score (nSPS) is 17.1. The summed E-state index contributed by atoms with van der Waals surface area (Å²) in [5, 5.41) is 0. The lowest BCUT2D eigenvalue weighted by Crippen LogP contribution is -2.20. The molecule has 0 saturated heterocycles. The zero-order valence-corrected chi connectivity index (χ0v) is 11.9. The Morgan fingerprint density at radius 2 is 2.05 bits per heavy atom. The van der Waals surface area contributed by atoms with Gasteiger partial charge in [-0.25, -0.2) is 4.39 Å². The largest absolute Gasteiger partial charge is 0.496 e. The molecular formula is C17H15FO3. The van der Waals surface area contributed by atoms with Gasteiger partial charge in [0.1, 0.15) is 23.4 Å². The SMILES string of the molecule is COc1ccc(C2CC(=O)c3ccc(F)cc3O2)cc1C. The first-order valence-corrected chi connectivity index (χ1v) is 6.72. The van der Waals surface area contributed by atoms with Gasteiger partial charge in [-0.1, -0.05) is 6.07 Å². The van der Waals surface area contributed by atoms with E-state index in [1.54, 1.807) is 7.11 Å². The molecule has 1 unspecified atom stereocenters. The van der Waals surface area contributed by atoms with Crippen LogP contribution in [0.2, 0.25) is 0 Å². The summed E-state index contributed by atoms with van der Waals surface area (Å²) in [6.45, 7) is 1.93. The average molecular weight is 286 g/mol. The zero-order valence-electron chi connectivity index (χ0n) is 11.9. The third-order valence-corrected chi connectivity index (χ3v) is 3.67. The van der Waals surface area contributed by atoms with Crippen molar-refractivity contribution in [3.05, 3.63) is 58.9 Å². The Balaban J connectivity index is 1.95. The molecule has 0 fully saturated rings. The van der Waals surface area contributed by atoms with E-state index in [0.717, 1.165) is 16.9 Å². The Labute approximate surface area is 122 Å². The molecule has 0 spiro atoms. The van der Waals surface area contributed by atoms with Gasteiger partial charge < -0.3 is 9.47 Å². The number of methoxy groups -OCH3 is 1. The highest BCUT2D eigenvalue weighted by atomic mass is 19.1. The monoisotopic (exact) mass is 286 g/mol. The van der Waals surface area contributed by atoms with Crippen LogP contribution in [0.15, 0.2) is 36.4 Å². The summed E-state index contributed by atoms with van der Waals surface area (Å²) in [7, 11) is 1.61. The number of ketones is 1. The molecule has 108 valence electrons. The van der Waals surface area contributed by atoms with Crippen molar-refractivity contribution in [3.8, 4) is 11.5 Å². The van der Waals surface area contributed by atoms with Crippen molar-refractivity contribution < 1.29 is 18.7 Å². The summed E-state index contributed by atoms with van der Waals surface area (Å²) in [6.07, 6.45) is -0.138. The Hall–Kier alpha value is -2.36. The van der Waals surface area contributed by atoms with Crippen LogP contribution in [-0.4, -0.2) is 12.9 Å². The first-order valence-electron chi connectivity index (χ1n) is 6.72. The maximum absolute atomic E-state index is 13.3. The number of carbonyl (C=O) groups is 1. The number of fused-ring (bicyclic) bond motifs is 1. The van der Waals surface area contributed by atoms with Crippen molar-refractivity contribution in [2.24, 2.45) is 0 Å². The fourth-order valence-electron chi connectivity index (χ4n) is 2.59. The van der Waals surface area contributed by atoms with Crippen LogP contribution in [0.25, 0.3) is 0 Å². The number of carbonyl (C=O) groups excluding carboxylic acids is 1. The lowest BCUT2D eigenvalue weighted by molar-refractivity contribution is 0.0849. The molecule has 1 aliphatic heterocycles. The van der Waals surface area contributed by atoms with E-state index < -0.39 is 11.9 Å². The fourth-order valence-corrected chi connectivity index (χ4v) is 2.59. The Bertz CT molecular complexity index is 709. The molecule has 1 aliphatic rings. The van der Waals surface area contributed by atoms with Crippen molar-refractivity contribution in [1.29, 1.82) is 0 Å². The second-order valence-electron chi connectivity index (χ2n) is 5.10. The van der Waals surface area contributed by atoms with Crippen LogP contribution in [-0.2, 0) is 0 Å². The van der Waals surface area contributed by atoms with Crippen LogP contribution in [0.3, 0.4) is 0 Å². The van der Waals surface area contributed by atoms with Crippen LogP contribution in [0.4, 0.5) is 4.39 Å². The molecule has 21 heavy (non-hydrogen) atoms. The predicted molar refractivity (Wildman–Crippen MR) is 76.4 cm³/mol. The van der Waals surface area contributed by atoms with E-state index in [-0.39, 0.29) is 12.2 Å². The zero-order chi connectivity index (χ0) is 15.0. The third-order valence-electron chi connectivity index (χ3n) is 3.67. The molecule has 0 aromatic heterocycles. The second-order valence-corrected chi connectivity index (χ2v) is 5.10. The highest BCUT2D eigenvalue weighted by Crippen LogP contribution is 2.36. The van der Waals surface area contributed by atoms with Gasteiger partial charge in [-0.3, -0.25) is 4.79 Å². The van der Waals surface area contributed by atoms with Gasteiger partial charge in [0, 0.05) is 6.07 Å².